The van der Waals surface area contributed by atoms with Crippen LogP contribution in [0, 0.1) is 6.92 Å². The fourth-order valence-electron chi connectivity index (χ4n) is 4.36. The van der Waals surface area contributed by atoms with Crippen molar-refractivity contribution in [1.82, 2.24) is 19.8 Å². The number of carbonyl (C=O) groups excluding carboxylic acids is 2. The molecule has 0 saturated carbocycles. The SMILES string of the molecule is Cc1c(C(=O)N2CCCCC2C)sc2ncnc(NCCCN3CCCC3=O)c12. The number of nitrogens with one attached hydrogen (secondary N) is 1. The van der Waals surface area contributed by atoms with Crippen LogP contribution in [0.5, 0.6) is 0 Å². The van der Waals surface area contributed by atoms with Crippen molar-refractivity contribution in [2.45, 2.75) is 58.4 Å². The van der Waals surface area contributed by atoms with Crippen LogP contribution < -0.4 is 5.32 Å². The summed E-state index contributed by atoms with van der Waals surface area (Å²) in [5, 5.41) is 4.35. The molecule has 8 heteroatoms. The molecule has 1 unspecified atom stereocenters. The topological polar surface area (TPSA) is 78.4 Å². The molecule has 0 spiro atoms. The van der Waals surface area contributed by atoms with E-state index in [1.807, 2.05) is 16.7 Å². The molecule has 4 rings (SSSR count). The van der Waals surface area contributed by atoms with Crippen LogP contribution in [0.4, 0.5) is 5.82 Å². The number of anilines is 1. The first kappa shape index (κ1) is 20.1. The van der Waals surface area contributed by atoms with E-state index < -0.39 is 0 Å². The highest BCUT2D eigenvalue weighted by molar-refractivity contribution is 7.20. The number of nitrogens with zero attached hydrogens (tertiary/aromatic N) is 4. The van der Waals surface area contributed by atoms with Crippen LogP contribution in [0.2, 0.25) is 0 Å². The zero-order valence-corrected chi connectivity index (χ0v) is 18.1. The molecule has 156 valence electrons. The van der Waals surface area contributed by atoms with E-state index in [1.165, 1.54) is 17.8 Å². The molecule has 1 atom stereocenters. The second kappa shape index (κ2) is 8.65. The van der Waals surface area contributed by atoms with E-state index in [1.54, 1.807) is 6.33 Å². The third-order valence-electron chi connectivity index (χ3n) is 6.05. The molecule has 2 aliphatic heterocycles. The lowest BCUT2D eigenvalue weighted by Crippen LogP contribution is -2.41. The molecule has 1 N–H and O–H groups in total. The summed E-state index contributed by atoms with van der Waals surface area (Å²) in [6.45, 7) is 7.35. The number of thiophene rings is 1. The number of fused-ring (bicyclic) bond motifs is 1. The van der Waals surface area contributed by atoms with E-state index in [2.05, 4.69) is 22.2 Å². The smallest absolute Gasteiger partial charge is 0.264 e. The molecule has 0 radical (unpaired) electrons. The van der Waals surface area contributed by atoms with Crippen molar-refractivity contribution in [2.75, 3.05) is 31.5 Å². The van der Waals surface area contributed by atoms with Gasteiger partial charge in [-0.05, 0) is 51.5 Å². The highest BCUT2D eigenvalue weighted by atomic mass is 32.1. The third-order valence-corrected chi connectivity index (χ3v) is 7.24. The van der Waals surface area contributed by atoms with Crippen molar-refractivity contribution in [3.8, 4) is 0 Å². The molecular weight excluding hydrogens is 386 g/mol. The van der Waals surface area contributed by atoms with Crippen molar-refractivity contribution >= 4 is 39.2 Å². The van der Waals surface area contributed by atoms with E-state index in [4.69, 9.17) is 0 Å². The van der Waals surface area contributed by atoms with E-state index in [9.17, 15) is 9.59 Å². The highest BCUT2D eigenvalue weighted by Crippen LogP contribution is 2.35. The Bertz CT molecular complexity index is 912. The number of amides is 2. The second-order valence-corrected chi connectivity index (χ2v) is 9.07. The fraction of sp³-hybridized carbons (Fsp3) is 0.619. The maximum atomic E-state index is 13.2. The number of carbonyl (C=O) groups is 2. The quantitative estimate of drug-likeness (QED) is 0.731. The first-order valence-electron chi connectivity index (χ1n) is 10.6. The molecule has 7 nitrogen and oxygen atoms in total. The van der Waals surface area contributed by atoms with Crippen molar-refractivity contribution < 1.29 is 9.59 Å². The molecule has 2 amide bonds. The summed E-state index contributed by atoms with van der Waals surface area (Å²) in [6, 6.07) is 0.290. The van der Waals surface area contributed by atoms with Gasteiger partial charge in [-0.15, -0.1) is 11.3 Å². The molecule has 0 aromatic carbocycles. The van der Waals surface area contributed by atoms with Crippen molar-refractivity contribution in [2.24, 2.45) is 0 Å². The van der Waals surface area contributed by atoms with Gasteiger partial charge in [0.25, 0.3) is 5.91 Å². The minimum Gasteiger partial charge on any atom is -0.369 e. The molecule has 2 aromatic rings. The lowest BCUT2D eigenvalue weighted by atomic mass is 10.0. The highest BCUT2D eigenvalue weighted by Gasteiger charge is 2.28. The average molecular weight is 416 g/mol. The van der Waals surface area contributed by atoms with Crippen LogP contribution in [0.1, 0.15) is 60.7 Å². The molecule has 4 heterocycles. The summed E-state index contributed by atoms with van der Waals surface area (Å²) >= 11 is 1.47. The number of rotatable bonds is 6. The first-order chi connectivity index (χ1) is 14.1. The standard InChI is InChI=1S/C21H29N5O2S/c1-14-7-3-4-12-26(14)21(28)18-15(2)17-19(23-13-24-20(17)29-18)22-9-6-11-25-10-5-8-16(25)27/h13-14H,3-12H2,1-2H3,(H,22,23,24). The number of aryl methyl sites for hydroxylation is 1. The van der Waals surface area contributed by atoms with Gasteiger partial charge in [0.05, 0.1) is 10.3 Å². The Morgan fingerprint density at radius 2 is 2.14 bits per heavy atom. The van der Waals surface area contributed by atoms with Gasteiger partial charge in [-0.1, -0.05) is 0 Å². The Hall–Kier alpha value is -2.22. The van der Waals surface area contributed by atoms with Crippen LogP contribution in [-0.4, -0.2) is 63.8 Å². The molecule has 0 aliphatic carbocycles. The molecule has 2 saturated heterocycles. The van der Waals surface area contributed by atoms with Crippen LogP contribution >= 0.6 is 11.3 Å². The minimum absolute atomic E-state index is 0.121. The lowest BCUT2D eigenvalue weighted by molar-refractivity contribution is -0.127. The van der Waals surface area contributed by atoms with Gasteiger partial charge >= 0.3 is 0 Å². The Morgan fingerprint density at radius 1 is 1.28 bits per heavy atom. The van der Waals surface area contributed by atoms with Gasteiger partial charge in [0.15, 0.2) is 0 Å². The predicted octanol–water partition coefficient (Wildman–Crippen LogP) is 3.44. The zero-order chi connectivity index (χ0) is 20.4. The summed E-state index contributed by atoms with van der Waals surface area (Å²) in [4.78, 5) is 39.3. The zero-order valence-electron chi connectivity index (χ0n) is 17.2. The summed E-state index contributed by atoms with van der Waals surface area (Å²) in [5.74, 6) is 1.16. The number of hydrogen-bond donors (Lipinski definition) is 1. The Balaban J connectivity index is 1.47. The lowest BCUT2D eigenvalue weighted by Gasteiger charge is -2.33. The summed E-state index contributed by atoms with van der Waals surface area (Å²) in [7, 11) is 0. The third kappa shape index (κ3) is 4.08. The Kier molecular flexibility index (Phi) is 5.99. The summed E-state index contributed by atoms with van der Waals surface area (Å²) < 4.78 is 0. The molecule has 2 fully saturated rings. The van der Waals surface area contributed by atoms with Crippen molar-refractivity contribution in [3.05, 3.63) is 16.8 Å². The van der Waals surface area contributed by atoms with Crippen LogP contribution in [0.3, 0.4) is 0 Å². The maximum absolute atomic E-state index is 13.2. The molecule has 29 heavy (non-hydrogen) atoms. The molecule has 2 aromatic heterocycles. The number of piperidine rings is 1. The number of aromatic nitrogens is 2. The fourth-order valence-corrected chi connectivity index (χ4v) is 5.46. The normalized spacial score (nSPS) is 19.9. The second-order valence-electron chi connectivity index (χ2n) is 8.07. The molecule has 2 aliphatic rings. The van der Waals surface area contributed by atoms with Crippen molar-refractivity contribution in [3.63, 3.8) is 0 Å². The first-order valence-corrected chi connectivity index (χ1v) is 11.4. The van der Waals surface area contributed by atoms with E-state index in [0.29, 0.717) is 6.42 Å². The largest absolute Gasteiger partial charge is 0.369 e. The van der Waals surface area contributed by atoms with Crippen LogP contribution in [0.25, 0.3) is 10.2 Å². The summed E-state index contributed by atoms with van der Waals surface area (Å²) in [5.41, 5.74) is 0.964. The monoisotopic (exact) mass is 415 g/mol. The Labute approximate surface area is 175 Å². The van der Waals surface area contributed by atoms with E-state index in [0.717, 1.165) is 78.3 Å². The Morgan fingerprint density at radius 3 is 2.90 bits per heavy atom. The number of hydrogen-bond acceptors (Lipinski definition) is 6. The minimum atomic E-state index is 0.121. The maximum Gasteiger partial charge on any atom is 0.264 e. The van der Waals surface area contributed by atoms with Gasteiger partial charge in [-0.2, -0.15) is 0 Å². The number of likely N-dealkylation sites (tertiary alicyclic amines) is 2. The predicted molar refractivity (Wildman–Crippen MR) is 115 cm³/mol. The molecular formula is C21H29N5O2S. The van der Waals surface area contributed by atoms with Gasteiger partial charge in [-0.25, -0.2) is 9.97 Å². The van der Waals surface area contributed by atoms with E-state index in [-0.39, 0.29) is 17.9 Å². The van der Waals surface area contributed by atoms with Crippen LogP contribution in [-0.2, 0) is 4.79 Å². The molecule has 0 bridgehead atoms. The van der Waals surface area contributed by atoms with Gasteiger partial charge in [0.2, 0.25) is 5.91 Å². The summed E-state index contributed by atoms with van der Waals surface area (Å²) in [6.07, 6.45) is 7.42. The van der Waals surface area contributed by atoms with Crippen molar-refractivity contribution in [1.29, 1.82) is 0 Å². The van der Waals surface area contributed by atoms with Gasteiger partial charge in [0, 0.05) is 38.6 Å². The van der Waals surface area contributed by atoms with Crippen LogP contribution in [0.15, 0.2) is 6.33 Å². The van der Waals surface area contributed by atoms with Gasteiger partial charge in [0.1, 0.15) is 17.0 Å². The van der Waals surface area contributed by atoms with Gasteiger partial charge < -0.3 is 15.1 Å². The van der Waals surface area contributed by atoms with Gasteiger partial charge in [-0.3, -0.25) is 9.59 Å². The van der Waals surface area contributed by atoms with E-state index >= 15 is 0 Å². The average Bonchev–Trinajstić information content (AvgIpc) is 3.28.